The molecule has 0 saturated heterocycles. The molecule has 63 heavy (non-hydrogen) atoms. The van der Waals surface area contributed by atoms with Crippen molar-refractivity contribution in [1.82, 2.24) is 24.1 Å². The molecule has 0 atom stereocenters. The van der Waals surface area contributed by atoms with Crippen molar-refractivity contribution in [3.05, 3.63) is 173 Å². The molecule has 0 radical (unpaired) electrons. The van der Waals surface area contributed by atoms with Crippen molar-refractivity contribution in [2.24, 2.45) is 0 Å². The van der Waals surface area contributed by atoms with Crippen LogP contribution >= 0.6 is 0 Å². The largest absolute Gasteiger partial charge is 0.416 e. The molecule has 0 saturated carbocycles. The molecule has 0 bridgehead atoms. The highest BCUT2D eigenvalue weighted by Crippen LogP contribution is 2.51. The van der Waals surface area contributed by atoms with Crippen molar-refractivity contribution in [3.8, 4) is 51.6 Å². The second-order valence-electron chi connectivity index (χ2n) is 16.2. The van der Waals surface area contributed by atoms with Crippen LogP contribution in [0.4, 0.5) is 26.3 Å². The highest BCUT2D eigenvalue weighted by molar-refractivity contribution is 6.12. The Balaban J connectivity index is 1.13. The van der Waals surface area contributed by atoms with E-state index in [0.717, 1.165) is 46.1 Å². The van der Waals surface area contributed by atoms with E-state index in [2.05, 4.69) is 66.9 Å². The normalized spacial score (nSPS) is 13.5. The average molecular weight is 841 g/mol. The molecule has 10 aromatic rings. The van der Waals surface area contributed by atoms with Gasteiger partial charge in [-0.05, 0) is 95.1 Å². The Morgan fingerprint density at radius 2 is 1.08 bits per heavy atom. The van der Waals surface area contributed by atoms with E-state index in [4.69, 9.17) is 15.0 Å². The Labute approximate surface area is 355 Å². The number of nitrogens with zero attached hydrogens (tertiary/aromatic N) is 6. The number of hydrogen-bond donors (Lipinski definition) is 0. The van der Waals surface area contributed by atoms with Crippen LogP contribution in [0.15, 0.2) is 146 Å². The number of rotatable bonds is 4. The van der Waals surface area contributed by atoms with Gasteiger partial charge in [0.1, 0.15) is 6.07 Å². The van der Waals surface area contributed by atoms with Crippen LogP contribution in [-0.2, 0) is 17.8 Å². The van der Waals surface area contributed by atoms with Crippen LogP contribution in [0.3, 0.4) is 0 Å². The smallest absolute Gasteiger partial charge is 0.308 e. The molecule has 7 aromatic carbocycles. The van der Waals surface area contributed by atoms with Gasteiger partial charge in [-0.3, -0.25) is 4.57 Å². The maximum atomic E-state index is 14.0. The molecule has 0 N–H and O–H groups in total. The Kier molecular flexibility index (Phi) is 8.09. The minimum Gasteiger partial charge on any atom is -0.308 e. The Bertz CT molecular complexity index is 3520. The fraction of sp³-hybridized carbons (Fsp3) is 0.0980. The van der Waals surface area contributed by atoms with Gasteiger partial charge in [-0.25, -0.2) is 4.98 Å². The van der Waals surface area contributed by atoms with Crippen molar-refractivity contribution < 1.29 is 26.3 Å². The van der Waals surface area contributed by atoms with Crippen molar-refractivity contribution in [2.45, 2.75) is 31.6 Å². The molecule has 3 aromatic heterocycles. The number of nitriles is 1. The van der Waals surface area contributed by atoms with Gasteiger partial charge in [-0.2, -0.15) is 41.6 Å². The van der Waals surface area contributed by atoms with Gasteiger partial charge in [-0.1, -0.05) is 86.6 Å². The molecule has 0 aliphatic heterocycles. The second kappa shape index (κ2) is 13.4. The first-order valence-electron chi connectivity index (χ1n) is 20.0. The van der Waals surface area contributed by atoms with Gasteiger partial charge < -0.3 is 4.57 Å². The van der Waals surface area contributed by atoms with Crippen LogP contribution in [0.5, 0.6) is 0 Å². The molecular formula is C51H30F6N6. The highest BCUT2D eigenvalue weighted by atomic mass is 19.4. The summed E-state index contributed by atoms with van der Waals surface area (Å²) >= 11 is 0. The molecular weight excluding hydrogens is 811 g/mol. The van der Waals surface area contributed by atoms with Crippen LogP contribution in [-0.4, -0.2) is 24.1 Å². The van der Waals surface area contributed by atoms with Gasteiger partial charge in [0.25, 0.3) is 0 Å². The standard InChI is InChI=1S/C51H30F6N6/c1-49(2)39-14-8-6-12-33(39)35-25-38-34-13-7-9-15-42(34)62(45(38)26-40(35)49)41-19-16-29(22-30(41)27-58)47-59-46(28-10-4-3-5-11-28)60-48(61-47)63-43-20-17-31(50(52,53)54)23-36(43)37-24-32(51(55,56)57)18-21-44(37)63/h3-26H,1-2H3. The third kappa shape index (κ3) is 5.83. The van der Waals surface area contributed by atoms with Gasteiger partial charge in [0, 0.05) is 38.1 Å². The summed E-state index contributed by atoms with van der Waals surface area (Å²) in [7, 11) is 0. The minimum atomic E-state index is -4.75. The molecule has 0 unspecified atom stereocenters. The van der Waals surface area contributed by atoms with E-state index in [-0.39, 0.29) is 44.8 Å². The highest BCUT2D eigenvalue weighted by Gasteiger charge is 2.37. The van der Waals surface area contributed by atoms with Crippen LogP contribution in [0.25, 0.3) is 89.2 Å². The molecule has 11 rings (SSSR count). The summed E-state index contributed by atoms with van der Waals surface area (Å²) < 4.78 is 87.7. The topological polar surface area (TPSA) is 72.3 Å². The number of alkyl halides is 6. The van der Waals surface area contributed by atoms with Gasteiger partial charge in [-0.15, -0.1) is 0 Å². The number of hydrogen-bond acceptors (Lipinski definition) is 4. The van der Waals surface area contributed by atoms with Gasteiger partial charge in [0.05, 0.1) is 44.4 Å². The van der Waals surface area contributed by atoms with E-state index in [0.29, 0.717) is 22.4 Å². The summed E-state index contributed by atoms with van der Waals surface area (Å²) in [6, 6.07) is 43.5. The predicted molar refractivity (Wildman–Crippen MR) is 232 cm³/mol. The molecule has 1 aliphatic rings. The predicted octanol–water partition coefficient (Wildman–Crippen LogP) is 13.6. The fourth-order valence-electron chi connectivity index (χ4n) is 9.28. The molecule has 0 fully saturated rings. The zero-order chi connectivity index (χ0) is 43.6. The summed E-state index contributed by atoms with van der Waals surface area (Å²) in [6.45, 7) is 4.44. The lowest BCUT2D eigenvalue weighted by Gasteiger charge is -2.21. The Morgan fingerprint density at radius 3 is 1.75 bits per heavy atom. The lowest BCUT2D eigenvalue weighted by atomic mass is 9.82. The first-order valence-corrected chi connectivity index (χ1v) is 20.0. The Morgan fingerprint density at radius 1 is 0.492 bits per heavy atom. The monoisotopic (exact) mass is 840 g/mol. The quantitative estimate of drug-likeness (QED) is 0.166. The summed E-state index contributed by atoms with van der Waals surface area (Å²) in [5.41, 5.74) is 6.62. The van der Waals surface area contributed by atoms with Crippen LogP contribution < -0.4 is 0 Å². The van der Waals surface area contributed by atoms with E-state index in [1.807, 2.05) is 30.3 Å². The Hall–Kier alpha value is -7.78. The lowest BCUT2D eigenvalue weighted by Crippen LogP contribution is -2.15. The van der Waals surface area contributed by atoms with Crippen molar-refractivity contribution in [3.63, 3.8) is 0 Å². The summed E-state index contributed by atoms with van der Waals surface area (Å²) in [6.07, 6.45) is -9.51. The maximum absolute atomic E-state index is 14.0. The molecule has 1 aliphatic carbocycles. The SMILES string of the molecule is CC1(C)c2ccccc2-c2cc3c4ccccc4n(-c4ccc(-c5nc(-c6ccccc6)nc(-n6c7ccc(C(F)(F)F)cc7c7cc(C(F)(F)F)ccc76)n5)cc4C#N)c3cc21. The molecule has 3 heterocycles. The zero-order valence-electron chi connectivity index (χ0n) is 33.3. The van der Waals surface area contributed by atoms with E-state index in [1.165, 1.54) is 39.0 Å². The number of benzene rings is 7. The van der Waals surface area contributed by atoms with Crippen molar-refractivity contribution in [2.75, 3.05) is 0 Å². The number of para-hydroxylation sites is 1. The molecule has 0 spiro atoms. The van der Waals surface area contributed by atoms with Crippen LogP contribution in [0.1, 0.15) is 41.7 Å². The molecule has 306 valence electrons. The summed E-state index contributed by atoms with van der Waals surface area (Å²) in [5, 5.41) is 12.8. The number of fused-ring (bicyclic) bond motifs is 9. The molecule has 12 heteroatoms. The van der Waals surface area contributed by atoms with E-state index < -0.39 is 23.5 Å². The minimum absolute atomic E-state index is 0.0409. The first-order chi connectivity index (χ1) is 30.2. The average Bonchev–Trinajstić information content (AvgIpc) is 3.87. The van der Waals surface area contributed by atoms with E-state index in [9.17, 15) is 31.6 Å². The summed E-state index contributed by atoms with van der Waals surface area (Å²) in [5.74, 6) is 0.294. The van der Waals surface area contributed by atoms with Crippen LogP contribution in [0.2, 0.25) is 0 Å². The van der Waals surface area contributed by atoms with Gasteiger partial charge in [0.2, 0.25) is 5.95 Å². The molecule has 0 amide bonds. The fourth-order valence-corrected chi connectivity index (χ4v) is 9.28. The van der Waals surface area contributed by atoms with Gasteiger partial charge >= 0.3 is 12.4 Å². The number of aromatic nitrogens is 5. The third-order valence-electron chi connectivity index (χ3n) is 12.3. The lowest BCUT2D eigenvalue weighted by molar-refractivity contribution is -0.138. The van der Waals surface area contributed by atoms with Gasteiger partial charge in [0.15, 0.2) is 11.6 Å². The first kappa shape index (κ1) is 38.2. The molecule has 6 nitrogen and oxygen atoms in total. The van der Waals surface area contributed by atoms with E-state index in [1.54, 1.807) is 36.4 Å². The van der Waals surface area contributed by atoms with Crippen molar-refractivity contribution >= 4 is 43.6 Å². The second-order valence-corrected chi connectivity index (χ2v) is 16.2. The van der Waals surface area contributed by atoms with Crippen LogP contribution in [0, 0.1) is 11.3 Å². The van der Waals surface area contributed by atoms with E-state index >= 15 is 0 Å². The van der Waals surface area contributed by atoms with Crippen molar-refractivity contribution in [1.29, 1.82) is 5.26 Å². The number of halogens is 6. The maximum Gasteiger partial charge on any atom is 0.416 e. The zero-order valence-corrected chi connectivity index (χ0v) is 33.3. The summed E-state index contributed by atoms with van der Waals surface area (Å²) in [4.78, 5) is 14.4. The third-order valence-corrected chi connectivity index (χ3v) is 12.3.